The molecule has 0 aliphatic heterocycles. The van der Waals surface area contributed by atoms with Gasteiger partial charge in [0, 0.05) is 16.2 Å². The molecule has 1 aromatic heterocycles. The van der Waals surface area contributed by atoms with E-state index in [-0.39, 0.29) is 11.6 Å². The number of anilines is 2. The van der Waals surface area contributed by atoms with Crippen LogP contribution in [0.15, 0.2) is 53.1 Å². The van der Waals surface area contributed by atoms with E-state index in [4.69, 9.17) is 6.57 Å². The number of amides is 2. The van der Waals surface area contributed by atoms with Crippen LogP contribution < -0.4 is 10.2 Å². The molecule has 0 saturated carbocycles. The second kappa shape index (κ2) is 12.0. The molecule has 3 rings (SSSR count). The Labute approximate surface area is 246 Å². The maximum Gasteiger partial charge on any atom is 0.435 e. The molecular formula is C25H11BrF12N4O2. The van der Waals surface area contributed by atoms with Crippen molar-refractivity contribution in [3.05, 3.63) is 98.6 Å². The number of rotatable bonds is 6. The van der Waals surface area contributed by atoms with E-state index in [2.05, 4.69) is 25.8 Å². The van der Waals surface area contributed by atoms with E-state index in [0.717, 1.165) is 30.5 Å². The molecule has 0 radical (unpaired) electrons. The topological polar surface area (TPSA) is 66.7 Å². The van der Waals surface area contributed by atoms with E-state index < -0.39 is 93.0 Å². The fourth-order valence-electron chi connectivity index (χ4n) is 3.71. The molecule has 0 aliphatic carbocycles. The molecule has 0 fully saturated rings. The van der Waals surface area contributed by atoms with Gasteiger partial charge in [0.05, 0.1) is 28.1 Å². The van der Waals surface area contributed by atoms with Crippen molar-refractivity contribution >= 4 is 39.1 Å². The van der Waals surface area contributed by atoms with Crippen molar-refractivity contribution < 1.29 is 62.3 Å². The van der Waals surface area contributed by atoms with Gasteiger partial charge in [-0.3, -0.25) is 14.4 Å². The van der Waals surface area contributed by atoms with Crippen molar-refractivity contribution in [2.75, 3.05) is 16.9 Å². The largest absolute Gasteiger partial charge is 0.435 e. The standard InChI is InChI=1S/C25H11BrF12N4O2/c1-39-10-42(21(44)11-5-6-17(27)40-9-11)16-4-2-3-13(18(16)28)20(43)41-19-14(23(30,31)32)7-12(8-15(19)26)22(29,24(33,34)35)25(36,37)38/h2-9H,10H2,(H,41,43). The Morgan fingerprint density at radius 1 is 0.932 bits per heavy atom. The van der Waals surface area contributed by atoms with Gasteiger partial charge in [0.2, 0.25) is 5.95 Å². The van der Waals surface area contributed by atoms with Crippen molar-refractivity contribution in [3.8, 4) is 0 Å². The number of benzene rings is 2. The summed E-state index contributed by atoms with van der Waals surface area (Å²) in [6, 6.07) is 3.09. The first-order valence-corrected chi connectivity index (χ1v) is 12.0. The molecule has 6 nitrogen and oxygen atoms in total. The number of nitrogens with one attached hydrogen (secondary N) is 1. The molecule has 234 valence electrons. The smallest absolute Gasteiger partial charge is 0.320 e. The third-order valence-electron chi connectivity index (χ3n) is 5.76. The first-order valence-electron chi connectivity index (χ1n) is 11.2. The van der Waals surface area contributed by atoms with Crippen molar-refractivity contribution in [2.24, 2.45) is 0 Å². The average molecular weight is 707 g/mol. The van der Waals surface area contributed by atoms with Gasteiger partial charge in [-0.25, -0.2) is 25.2 Å². The van der Waals surface area contributed by atoms with Crippen molar-refractivity contribution in [3.63, 3.8) is 0 Å². The van der Waals surface area contributed by atoms with Crippen LogP contribution in [0.1, 0.15) is 31.8 Å². The van der Waals surface area contributed by atoms with Crippen LogP contribution in [0.5, 0.6) is 0 Å². The van der Waals surface area contributed by atoms with Crippen LogP contribution in [0.2, 0.25) is 0 Å². The van der Waals surface area contributed by atoms with E-state index in [1.165, 1.54) is 5.32 Å². The summed E-state index contributed by atoms with van der Waals surface area (Å²) in [5.74, 6) is -5.46. The van der Waals surface area contributed by atoms with Gasteiger partial charge < -0.3 is 5.32 Å². The molecule has 3 aromatic rings. The molecule has 2 aromatic carbocycles. The Morgan fingerprint density at radius 3 is 2.05 bits per heavy atom. The summed E-state index contributed by atoms with van der Waals surface area (Å²) < 4.78 is 162. The Kier molecular flexibility index (Phi) is 9.30. The number of pyridine rings is 1. The normalized spacial score (nSPS) is 12.5. The van der Waals surface area contributed by atoms with Gasteiger partial charge in [-0.05, 0) is 52.3 Å². The van der Waals surface area contributed by atoms with Gasteiger partial charge in [0.15, 0.2) is 5.82 Å². The summed E-state index contributed by atoms with van der Waals surface area (Å²) in [4.78, 5) is 32.4. The summed E-state index contributed by atoms with van der Waals surface area (Å²) in [7, 11) is 0. The number of nitrogens with zero attached hydrogens (tertiary/aromatic N) is 3. The predicted octanol–water partition coefficient (Wildman–Crippen LogP) is 8.21. The minimum absolute atomic E-state index is 0.286. The molecule has 0 aliphatic rings. The van der Waals surface area contributed by atoms with E-state index in [1.54, 1.807) is 0 Å². The van der Waals surface area contributed by atoms with Gasteiger partial charge in [-0.2, -0.15) is 43.9 Å². The number of carbonyl (C=O) groups is 2. The molecule has 44 heavy (non-hydrogen) atoms. The van der Waals surface area contributed by atoms with Crippen LogP contribution in [0.3, 0.4) is 0 Å². The highest BCUT2D eigenvalue weighted by atomic mass is 79.9. The zero-order valence-electron chi connectivity index (χ0n) is 20.9. The van der Waals surface area contributed by atoms with Crippen molar-refractivity contribution in [1.29, 1.82) is 0 Å². The SMILES string of the molecule is [C-]#[N+]CN(C(=O)c1ccc(F)nc1)c1cccc(C(=O)Nc2c(Br)cc(C(F)(C(F)(F)F)C(F)(F)F)cc2C(F)(F)F)c1F. The Balaban J connectivity index is 2.12. The fraction of sp³-hybridized carbons (Fsp3) is 0.200. The molecule has 0 unspecified atom stereocenters. The molecule has 2 amide bonds. The highest BCUT2D eigenvalue weighted by Crippen LogP contribution is 2.55. The molecular weight excluding hydrogens is 696 g/mol. The van der Waals surface area contributed by atoms with E-state index in [0.29, 0.717) is 11.0 Å². The summed E-state index contributed by atoms with van der Waals surface area (Å²) in [5, 5.41) is 1.52. The molecule has 0 saturated heterocycles. The summed E-state index contributed by atoms with van der Waals surface area (Å²) >= 11 is 2.32. The van der Waals surface area contributed by atoms with Crippen LogP contribution in [-0.2, 0) is 11.8 Å². The molecule has 0 atom stereocenters. The molecule has 1 heterocycles. The quantitative estimate of drug-likeness (QED) is 0.160. The first kappa shape index (κ1) is 34.2. The Bertz CT molecular complexity index is 1620. The lowest BCUT2D eigenvalue weighted by atomic mass is 9.92. The second-order valence-corrected chi connectivity index (χ2v) is 9.38. The van der Waals surface area contributed by atoms with Gasteiger partial charge in [-0.15, -0.1) is 0 Å². The lowest BCUT2D eigenvalue weighted by Gasteiger charge is -2.31. The summed E-state index contributed by atoms with van der Waals surface area (Å²) in [5.41, 5.74) is -14.9. The summed E-state index contributed by atoms with van der Waals surface area (Å²) in [6.07, 6.45) is -18.6. The second-order valence-electron chi connectivity index (χ2n) is 8.53. The van der Waals surface area contributed by atoms with Crippen molar-refractivity contribution in [1.82, 2.24) is 4.98 Å². The van der Waals surface area contributed by atoms with Crippen LogP contribution in [-0.4, -0.2) is 35.8 Å². The number of aromatic nitrogens is 1. The van der Waals surface area contributed by atoms with Gasteiger partial charge in [0.1, 0.15) is 0 Å². The van der Waals surface area contributed by atoms with Crippen LogP contribution in [0, 0.1) is 18.3 Å². The predicted molar refractivity (Wildman–Crippen MR) is 131 cm³/mol. The average Bonchev–Trinajstić information content (AvgIpc) is 2.90. The summed E-state index contributed by atoms with van der Waals surface area (Å²) in [6.45, 7) is 6.17. The van der Waals surface area contributed by atoms with E-state index >= 15 is 4.39 Å². The van der Waals surface area contributed by atoms with Gasteiger partial charge >= 0.3 is 24.2 Å². The van der Waals surface area contributed by atoms with Crippen molar-refractivity contribution in [2.45, 2.75) is 24.2 Å². The molecule has 19 heteroatoms. The maximum atomic E-state index is 15.5. The minimum Gasteiger partial charge on any atom is -0.320 e. The number of carbonyl (C=O) groups excluding carboxylic acids is 2. The lowest BCUT2D eigenvalue weighted by molar-refractivity contribution is -0.348. The monoisotopic (exact) mass is 706 g/mol. The van der Waals surface area contributed by atoms with Crippen LogP contribution in [0.25, 0.3) is 4.85 Å². The maximum absolute atomic E-state index is 15.5. The molecule has 0 bridgehead atoms. The van der Waals surface area contributed by atoms with Gasteiger partial charge in [0.25, 0.3) is 18.5 Å². The molecule has 0 spiro atoms. The van der Waals surface area contributed by atoms with Crippen LogP contribution in [0.4, 0.5) is 64.1 Å². The Hall–Kier alpha value is -4.34. The lowest BCUT2D eigenvalue weighted by Crippen LogP contribution is -2.50. The van der Waals surface area contributed by atoms with E-state index in [1.807, 2.05) is 0 Å². The number of hydrogen-bond donors (Lipinski definition) is 1. The highest BCUT2D eigenvalue weighted by molar-refractivity contribution is 9.10. The Morgan fingerprint density at radius 2 is 1.55 bits per heavy atom. The third-order valence-corrected chi connectivity index (χ3v) is 6.38. The van der Waals surface area contributed by atoms with Gasteiger partial charge in [-0.1, -0.05) is 6.07 Å². The third kappa shape index (κ3) is 6.44. The first-order chi connectivity index (χ1) is 20.1. The number of hydrogen-bond acceptors (Lipinski definition) is 3. The zero-order valence-corrected chi connectivity index (χ0v) is 22.5. The minimum atomic E-state index is -6.76. The van der Waals surface area contributed by atoms with E-state index in [9.17, 15) is 57.9 Å². The zero-order chi connectivity index (χ0) is 33.4. The highest BCUT2D eigenvalue weighted by Gasteiger charge is 2.73. The molecule has 1 N–H and O–H groups in total. The number of halogens is 13. The fourth-order valence-corrected chi connectivity index (χ4v) is 4.27. The van der Waals surface area contributed by atoms with Crippen LogP contribution >= 0.6 is 15.9 Å². The number of alkyl halides is 10.